The zero-order chi connectivity index (χ0) is 27.1. The van der Waals surface area contributed by atoms with Crippen molar-refractivity contribution in [3.63, 3.8) is 0 Å². The number of ether oxygens (including phenoxy) is 1. The number of halogens is 1. The number of ketones is 1. The van der Waals surface area contributed by atoms with Crippen LogP contribution < -0.4 is 14.8 Å². The Bertz CT molecular complexity index is 1560. The van der Waals surface area contributed by atoms with Crippen LogP contribution in [0, 0.1) is 6.92 Å². The summed E-state index contributed by atoms with van der Waals surface area (Å²) in [5, 5.41) is 3.06. The molecule has 2 N–H and O–H groups in total. The molecule has 0 aliphatic carbocycles. The quantitative estimate of drug-likeness (QED) is 0.259. The predicted molar refractivity (Wildman–Crippen MR) is 147 cm³/mol. The second-order valence-electron chi connectivity index (χ2n) is 8.46. The number of rotatable bonds is 10. The van der Waals surface area contributed by atoms with Crippen LogP contribution in [-0.4, -0.2) is 26.7 Å². The van der Waals surface area contributed by atoms with Gasteiger partial charge in [0.2, 0.25) is 10.0 Å². The van der Waals surface area contributed by atoms with Crippen molar-refractivity contribution in [1.82, 2.24) is 4.72 Å². The molecule has 1 amide bonds. The standard InChI is InChI=1S/C29H25ClN2O5S/c1-20-16-24(38(35,36)31-18-21-8-4-2-5-9-21)13-15-27(20)37-19-28(33)32-26-14-12-23(30)17-25(26)29(34)22-10-6-3-7-11-22/h2-17,31H,18-19H2,1H3,(H,32,33). The zero-order valence-corrected chi connectivity index (χ0v) is 22.1. The van der Waals surface area contributed by atoms with Crippen LogP contribution in [0.15, 0.2) is 102 Å². The summed E-state index contributed by atoms with van der Waals surface area (Å²) in [6.07, 6.45) is 0. The van der Waals surface area contributed by atoms with Crippen LogP contribution >= 0.6 is 11.6 Å². The summed E-state index contributed by atoms with van der Waals surface area (Å²) in [6.45, 7) is 1.51. The van der Waals surface area contributed by atoms with Gasteiger partial charge < -0.3 is 10.1 Å². The molecule has 0 aliphatic rings. The van der Waals surface area contributed by atoms with E-state index in [4.69, 9.17) is 16.3 Å². The van der Waals surface area contributed by atoms with Gasteiger partial charge in [-0.3, -0.25) is 9.59 Å². The highest BCUT2D eigenvalue weighted by atomic mass is 35.5. The molecule has 4 aromatic rings. The van der Waals surface area contributed by atoms with Gasteiger partial charge in [0.25, 0.3) is 5.91 Å². The Balaban J connectivity index is 1.40. The number of hydrogen-bond acceptors (Lipinski definition) is 5. The Labute approximate surface area is 226 Å². The second-order valence-corrected chi connectivity index (χ2v) is 10.7. The fourth-order valence-corrected chi connectivity index (χ4v) is 4.97. The van der Waals surface area contributed by atoms with Crippen LogP contribution in [0.2, 0.25) is 5.02 Å². The summed E-state index contributed by atoms with van der Waals surface area (Å²) < 4.78 is 33.6. The molecule has 7 nitrogen and oxygen atoms in total. The number of nitrogens with one attached hydrogen (secondary N) is 2. The van der Waals surface area contributed by atoms with E-state index in [2.05, 4.69) is 10.0 Å². The Morgan fingerprint density at radius 3 is 2.24 bits per heavy atom. The Morgan fingerprint density at radius 1 is 0.868 bits per heavy atom. The van der Waals surface area contributed by atoms with E-state index in [0.717, 1.165) is 5.56 Å². The molecule has 0 bridgehead atoms. The molecule has 0 saturated carbocycles. The van der Waals surface area contributed by atoms with Gasteiger partial charge in [-0.05, 0) is 54.4 Å². The van der Waals surface area contributed by atoms with Gasteiger partial charge in [0.05, 0.1) is 10.6 Å². The molecular weight excluding hydrogens is 524 g/mol. The molecule has 0 radical (unpaired) electrons. The summed E-state index contributed by atoms with van der Waals surface area (Å²) >= 11 is 6.10. The molecule has 0 saturated heterocycles. The van der Waals surface area contributed by atoms with Crippen molar-refractivity contribution in [1.29, 1.82) is 0 Å². The minimum Gasteiger partial charge on any atom is -0.483 e. The monoisotopic (exact) mass is 548 g/mol. The lowest BCUT2D eigenvalue weighted by molar-refractivity contribution is -0.118. The number of benzene rings is 4. The Hall–Kier alpha value is -3.98. The van der Waals surface area contributed by atoms with Crippen molar-refractivity contribution in [2.45, 2.75) is 18.4 Å². The van der Waals surface area contributed by atoms with Gasteiger partial charge >= 0.3 is 0 Å². The van der Waals surface area contributed by atoms with Gasteiger partial charge in [-0.25, -0.2) is 13.1 Å². The predicted octanol–water partition coefficient (Wildman–Crippen LogP) is 5.38. The minimum atomic E-state index is -3.74. The van der Waals surface area contributed by atoms with Crippen LogP contribution in [0.4, 0.5) is 5.69 Å². The maximum atomic E-state index is 13.0. The highest BCUT2D eigenvalue weighted by Crippen LogP contribution is 2.25. The van der Waals surface area contributed by atoms with Gasteiger partial charge in [-0.1, -0.05) is 72.3 Å². The van der Waals surface area contributed by atoms with E-state index < -0.39 is 15.9 Å². The van der Waals surface area contributed by atoms with Crippen molar-refractivity contribution in [2.75, 3.05) is 11.9 Å². The lowest BCUT2D eigenvalue weighted by Crippen LogP contribution is -2.23. The first-order valence-corrected chi connectivity index (χ1v) is 13.6. The van der Waals surface area contributed by atoms with Crippen molar-refractivity contribution in [3.8, 4) is 5.75 Å². The molecule has 38 heavy (non-hydrogen) atoms. The first-order valence-electron chi connectivity index (χ1n) is 11.7. The average Bonchev–Trinajstić information content (AvgIpc) is 2.93. The van der Waals surface area contributed by atoms with Crippen molar-refractivity contribution >= 4 is 39.0 Å². The molecule has 4 rings (SSSR count). The zero-order valence-electron chi connectivity index (χ0n) is 20.5. The van der Waals surface area contributed by atoms with Crippen LogP contribution in [0.3, 0.4) is 0 Å². The van der Waals surface area contributed by atoms with Crippen LogP contribution in [0.1, 0.15) is 27.0 Å². The third-order valence-corrected chi connectivity index (χ3v) is 7.29. The summed E-state index contributed by atoms with van der Waals surface area (Å²) in [5.41, 5.74) is 2.41. The highest BCUT2D eigenvalue weighted by Gasteiger charge is 2.18. The van der Waals surface area contributed by atoms with Crippen LogP contribution in [0.25, 0.3) is 0 Å². The SMILES string of the molecule is Cc1cc(S(=O)(=O)NCc2ccccc2)ccc1OCC(=O)Nc1ccc(Cl)cc1C(=O)c1ccccc1. The number of anilines is 1. The van der Waals surface area contributed by atoms with Gasteiger partial charge in [-0.15, -0.1) is 0 Å². The van der Waals surface area contributed by atoms with Gasteiger partial charge in [-0.2, -0.15) is 0 Å². The number of carbonyl (C=O) groups is 2. The number of sulfonamides is 1. The summed E-state index contributed by atoms with van der Waals surface area (Å²) in [6, 6.07) is 26.9. The maximum Gasteiger partial charge on any atom is 0.262 e. The molecule has 0 aromatic heterocycles. The van der Waals surface area contributed by atoms with Crippen molar-refractivity contribution in [3.05, 3.63) is 124 Å². The number of carbonyl (C=O) groups excluding carboxylic acids is 2. The second kappa shape index (κ2) is 12.0. The summed E-state index contributed by atoms with van der Waals surface area (Å²) in [7, 11) is -3.74. The van der Waals surface area contributed by atoms with E-state index >= 15 is 0 Å². The summed E-state index contributed by atoms with van der Waals surface area (Å²) in [5.74, 6) is -0.410. The number of hydrogen-bond donors (Lipinski definition) is 2. The van der Waals surface area contributed by atoms with E-state index in [-0.39, 0.29) is 29.4 Å². The van der Waals surface area contributed by atoms with E-state index in [1.807, 2.05) is 30.3 Å². The normalized spacial score (nSPS) is 11.1. The smallest absolute Gasteiger partial charge is 0.262 e. The fourth-order valence-electron chi connectivity index (χ4n) is 3.70. The van der Waals surface area contributed by atoms with Gasteiger partial charge in [0.15, 0.2) is 12.4 Å². The highest BCUT2D eigenvalue weighted by molar-refractivity contribution is 7.89. The first kappa shape index (κ1) is 27.1. The Morgan fingerprint density at radius 2 is 1.55 bits per heavy atom. The molecule has 194 valence electrons. The first-order chi connectivity index (χ1) is 18.2. The van der Waals surface area contributed by atoms with Crippen molar-refractivity contribution < 1.29 is 22.7 Å². The third-order valence-electron chi connectivity index (χ3n) is 5.66. The van der Waals surface area contributed by atoms with Gasteiger partial charge in [0.1, 0.15) is 5.75 Å². The molecule has 0 fully saturated rings. The summed E-state index contributed by atoms with van der Waals surface area (Å²) in [4.78, 5) is 25.7. The molecule has 0 aliphatic heterocycles. The minimum absolute atomic E-state index is 0.0907. The average molecular weight is 549 g/mol. The van der Waals surface area contributed by atoms with Crippen molar-refractivity contribution in [2.24, 2.45) is 0 Å². The molecule has 9 heteroatoms. The number of amides is 1. The number of aryl methyl sites for hydroxylation is 1. The molecule has 0 unspecified atom stereocenters. The van der Waals surface area contributed by atoms with E-state index in [9.17, 15) is 18.0 Å². The van der Waals surface area contributed by atoms with E-state index in [1.54, 1.807) is 49.4 Å². The largest absolute Gasteiger partial charge is 0.483 e. The third kappa shape index (κ3) is 6.86. The molecular formula is C29H25ClN2O5S. The van der Waals surface area contributed by atoms with Crippen LogP contribution in [0.5, 0.6) is 5.75 Å². The van der Waals surface area contributed by atoms with Gasteiger partial charge in [0, 0.05) is 22.7 Å². The lowest BCUT2D eigenvalue weighted by Gasteiger charge is -2.13. The maximum absolute atomic E-state index is 13.0. The van der Waals surface area contributed by atoms with Crippen LogP contribution in [-0.2, 0) is 21.4 Å². The molecule has 0 spiro atoms. The van der Waals surface area contributed by atoms with E-state index in [0.29, 0.717) is 27.6 Å². The fraction of sp³-hybridized carbons (Fsp3) is 0.103. The van der Waals surface area contributed by atoms with E-state index in [1.165, 1.54) is 24.3 Å². The molecule has 0 heterocycles. The Kier molecular flexibility index (Phi) is 8.58. The molecule has 4 aromatic carbocycles. The lowest BCUT2D eigenvalue weighted by atomic mass is 10.0. The molecule has 0 atom stereocenters. The topological polar surface area (TPSA) is 102 Å².